The van der Waals surface area contributed by atoms with Gasteiger partial charge in [0.15, 0.2) is 5.69 Å². The van der Waals surface area contributed by atoms with E-state index in [9.17, 15) is 26.4 Å². The standard InChI is InChI=1S/C24H21F3N4O3S.Na.H/c1-2-5-23(32)28-30-35(33,34)20-12-10-19(11-13-20)31-21(15-22(29-31)24(25,26)27)18-9-8-16-6-3-4-7-17(16)14-18;;/h3-4,6-15,30H,2,5H2,1H3,(H,28,32);;/q;+1;-1. The second-order valence-corrected chi connectivity index (χ2v) is 9.47. The minimum atomic E-state index is -4.67. The van der Waals surface area contributed by atoms with Crippen LogP contribution in [0.15, 0.2) is 77.7 Å². The molecule has 0 spiro atoms. The fourth-order valence-electron chi connectivity index (χ4n) is 3.51. The number of carbonyl (C=O) groups is 1. The molecule has 0 aliphatic rings. The minimum absolute atomic E-state index is 0. The third-order valence-corrected chi connectivity index (χ3v) is 6.50. The largest absolute Gasteiger partial charge is 1.00 e. The van der Waals surface area contributed by atoms with Gasteiger partial charge in [-0.25, -0.2) is 13.1 Å². The fourth-order valence-corrected chi connectivity index (χ4v) is 4.37. The van der Waals surface area contributed by atoms with Crippen LogP contribution < -0.4 is 39.8 Å². The number of benzene rings is 3. The second-order valence-electron chi connectivity index (χ2n) is 7.78. The van der Waals surface area contributed by atoms with Crippen LogP contribution in [0.1, 0.15) is 26.9 Å². The Balaban J connectivity index is 0.00000241. The van der Waals surface area contributed by atoms with Crippen LogP contribution in [-0.4, -0.2) is 24.1 Å². The third-order valence-electron chi connectivity index (χ3n) is 5.24. The van der Waals surface area contributed by atoms with E-state index in [0.717, 1.165) is 21.5 Å². The number of rotatable bonds is 7. The van der Waals surface area contributed by atoms with Gasteiger partial charge in [-0.2, -0.15) is 18.3 Å². The predicted octanol–water partition coefficient (Wildman–Crippen LogP) is 1.94. The second kappa shape index (κ2) is 11.1. The molecule has 0 unspecified atom stereocenters. The molecule has 1 aromatic heterocycles. The Kier molecular flexibility index (Phi) is 8.63. The maximum atomic E-state index is 13.5. The van der Waals surface area contributed by atoms with Gasteiger partial charge in [0.25, 0.3) is 10.0 Å². The molecule has 0 bridgehead atoms. The molecule has 184 valence electrons. The van der Waals surface area contributed by atoms with E-state index in [-0.39, 0.29) is 53.7 Å². The van der Waals surface area contributed by atoms with E-state index in [1.54, 1.807) is 19.1 Å². The third kappa shape index (κ3) is 6.16. The van der Waals surface area contributed by atoms with Gasteiger partial charge in [-0.1, -0.05) is 43.3 Å². The van der Waals surface area contributed by atoms with Crippen LogP contribution in [0.5, 0.6) is 0 Å². The van der Waals surface area contributed by atoms with Crippen LogP contribution in [0, 0.1) is 0 Å². The molecule has 0 saturated carbocycles. The van der Waals surface area contributed by atoms with Crippen LogP contribution in [0.3, 0.4) is 0 Å². The first-order valence-electron chi connectivity index (χ1n) is 10.7. The molecule has 0 aliphatic carbocycles. The Labute approximate surface area is 229 Å². The predicted molar refractivity (Wildman–Crippen MR) is 126 cm³/mol. The summed E-state index contributed by atoms with van der Waals surface area (Å²) in [7, 11) is -4.07. The molecule has 4 aromatic rings. The topological polar surface area (TPSA) is 93.1 Å². The number of sulfonamides is 1. The maximum absolute atomic E-state index is 13.5. The number of nitrogens with one attached hydrogen (secondary N) is 2. The average Bonchev–Trinajstić information content (AvgIpc) is 3.29. The van der Waals surface area contributed by atoms with E-state index in [1.807, 2.05) is 35.2 Å². The minimum Gasteiger partial charge on any atom is -1.00 e. The average molecular weight is 527 g/mol. The Morgan fingerprint density at radius 1 is 1.00 bits per heavy atom. The number of halogens is 3. The fraction of sp³-hybridized carbons (Fsp3) is 0.167. The van der Waals surface area contributed by atoms with E-state index in [0.29, 0.717) is 12.0 Å². The van der Waals surface area contributed by atoms with Crippen molar-refractivity contribution in [2.45, 2.75) is 30.8 Å². The molecule has 12 heteroatoms. The van der Waals surface area contributed by atoms with Crippen molar-refractivity contribution in [3.8, 4) is 16.9 Å². The van der Waals surface area contributed by atoms with Gasteiger partial charge >= 0.3 is 35.7 Å². The number of alkyl halides is 3. The maximum Gasteiger partial charge on any atom is 1.00 e. The van der Waals surface area contributed by atoms with Crippen LogP contribution in [0.25, 0.3) is 27.7 Å². The van der Waals surface area contributed by atoms with Crippen molar-refractivity contribution >= 4 is 26.7 Å². The van der Waals surface area contributed by atoms with E-state index < -0.39 is 27.8 Å². The van der Waals surface area contributed by atoms with Crippen molar-refractivity contribution in [3.05, 3.63) is 78.5 Å². The van der Waals surface area contributed by atoms with Crippen molar-refractivity contribution in [3.63, 3.8) is 0 Å². The number of hydrogen-bond donors (Lipinski definition) is 2. The van der Waals surface area contributed by atoms with Gasteiger partial charge in [0, 0.05) is 12.0 Å². The molecule has 7 nitrogen and oxygen atoms in total. The Hall–Kier alpha value is -2.70. The quantitative estimate of drug-likeness (QED) is 0.285. The first kappa shape index (κ1) is 27.9. The normalized spacial score (nSPS) is 11.8. The van der Waals surface area contributed by atoms with Crippen LogP contribution in [-0.2, 0) is 21.0 Å². The molecule has 0 saturated heterocycles. The van der Waals surface area contributed by atoms with Gasteiger partial charge in [-0.05, 0) is 53.6 Å². The number of amides is 1. The van der Waals surface area contributed by atoms with Crippen molar-refractivity contribution in [2.24, 2.45) is 0 Å². The number of carbonyl (C=O) groups excluding carboxylic acids is 1. The summed E-state index contributed by atoms with van der Waals surface area (Å²) in [4.78, 5) is 13.4. The molecule has 1 amide bonds. The van der Waals surface area contributed by atoms with Gasteiger partial charge in [0.05, 0.1) is 16.3 Å². The first-order valence-corrected chi connectivity index (χ1v) is 12.1. The van der Waals surface area contributed by atoms with Crippen molar-refractivity contribution in [1.82, 2.24) is 20.0 Å². The summed E-state index contributed by atoms with van der Waals surface area (Å²) in [6.45, 7) is 1.78. The van der Waals surface area contributed by atoms with E-state index in [4.69, 9.17) is 0 Å². The molecule has 2 N–H and O–H groups in total. The smallest absolute Gasteiger partial charge is 1.00 e. The van der Waals surface area contributed by atoms with Crippen LogP contribution in [0.4, 0.5) is 13.2 Å². The molecular formula is C24H22F3N4NaO3S. The van der Waals surface area contributed by atoms with Crippen molar-refractivity contribution in [1.29, 1.82) is 0 Å². The van der Waals surface area contributed by atoms with Crippen LogP contribution in [0.2, 0.25) is 0 Å². The summed E-state index contributed by atoms with van der Waals surface area (Å²) in [6.07, 6.45) is -3.97. The van der Waals surface area contributed by atoms with E-state index in [2.05, 4.69) is 10.5 Å². The number of nitrogens with zero attached hydrogens (tertiary/aromatic N) is 2. The summed E-state index contributed by atoms with van der Waals surface area (Å²) >= 11 is 0. The summed E-state index contributed by atoms with van der Waals surface area (Å²) in [5.41, 5.74) is 1.99. The first-order chi connectivity index (χ1) is 16.6. The monoisotopic (exact) mass is 526 g/mol. The molecule has 1 heterocycles. The number of fused-ring (bicyclic) bond motifs is 1. The SMILES string of the molecule is CCCC(=O)NNS(=O)(=O)c1ccc(-n2nc(C(F)(F)F)cc2-c2ccc3ccccc3c2)cc1.[H-].[Na+]. The molecule has 4 rings (SSSR count). The van der Waals surface area contributed by atoms with Gasteiger partial charge < -0.3 is 1.43 Å². The molecule has 0 fully saturated rings. The zero-order valence-electron chi connectivity index (χ0n) is 20.5. The molecule has 3 aromatic carbocycles. The van der Waals surface area contributed by atoms with E-state index >= 15 is 0 Å². The summed E-state index contributed by atoms with van der Waals surface area (Å²) in [5.74, 6) is -0.482. The molecule has 0 aliphatic heterocycles. The zero-order chi connectivity index (χ0) is 25.2. The van der Waals surface area contributed by atoms with Crippen LogP contribution >= 0.6 is 0 Å². The molecule has 0 atom stereocenters. The van der Waals surface area contributed by atoms with Gasteiger partial charge in [0.2, 0.25) is 5.91 Å². The van der Waals surface area contributed by atoms with Crippen molar-refractivity contribution in [2.75, 3.05) is 0 Å². The summed E-state index contributed by atoms with van der Waals surface area (Å²) in [5, 5.41) is 5.54. The zero-order valence-corrected chi connectivity index (χ0v) is 22.3. The van der Waals surface area contributed by atoms with E-state index in [1.165, 1.54) is 24.3 Å². The van der Waals surface area contributed by atoms with Gasteiger partial charge in [0.1, 0.15) is 0 Å². The molecular weight excluding hydrogens is 504 g/mol. The van der Waals surface area contributed by atoms with Crippen molar-refractivity contribution < 1.29 is 57.4 Å². The number of hydrazine groups is 1. The number of hydrogen-bond acceptors (Lipinski definition) is 4. The Bertz CT molecular complexity index is 1490. The Morgan fingerprint density at radius 2 is 1.67 bits per heavy atom. The summed E-state index contributed by atoms with van der Waals surface area (Å²) < 4.78 is 66.5. The number of aromatic nitrogens is 2. The van der Waals surface area contributed by atoms with Gasteiger partial charge in [-0.15, -0.1) is 4.83 Å². The summed E-state index contributed by atoms with van der Waals surface area (Å²) in [6, 6.07) is 18.8. The molecule has 0 radical (unpaired) electrons. The van der Waals surface area contributed by atoms with Gasteiger partial charge in [-0.3, -0.25) is 10.2 Å². The Morgan fingerprint density at radius 3 is 2.31 bits per heavy atom. The molecule has 36 heavy (non-hydrogen) atoms.